The van der Waals surface area contributed by atoms with E-state index in [-0.39, 0.29) is 0 Å². The van der Waals surface area contributed by atoms with Crippen LogP contribution in [-0.4, -0.2) is 43.3 Å². The Morgan fingerprint density at radius 2 is 1.57 bits per heavy atom. The minimum atomic E-state index is -3.47. The van der Waals surface area contributed by atoms with E-state index in [1.807, 2.05) is 27.7 Å². The fourth-order valence-corrected chi connectivity index (χ4v) is 6.82. The third-order valence-corrected chi connectivity index (χ3v) is 8.84. The lowest BCUT2D eigenvalue weighted by atomic mass is 9.98. The lowest BCUT2D eigenvalue weighted by molar-refractivity contribution is 0.185. The van der Waals surface area contributed by atoms with Crippen LogP contribution in [0.3, 0.4) is 0 Å². The monoisotopic (exact) mass is 398 g/mol. The number of hydrogen-bond donors (Lipinski definition) is 0. The SMILES string of the molecule is Cc1cc(C)c(C)c(S(=O)(=O)N2CCC(N3CCc4ccccc4C3)C2)c1C. The number of hydrogen-bond acceptors (Lipinski definition) is 3. The van der Waals surface area contributed by atoms with E-state index in [0.717, 1.165) is 48.2 Å². The van der Waals surface area contributed by atoms with Gasteiger partial charge in [0.15, 0.2) is 0 Å². The van der Waals surface area contributed by atoms with Crippen molar-refractivity contribution in [1.82, 2.24) is 9.21 Å². The molecule has 0 amide bonds. The van der Waals surface area contributed by atoms with Crippen molar-refractivity contribution in [1.29, 1.82) is 0 Å². The van der Waals surface area contributed by atoms with Crippen molar-refractivity contribution >= 4 is 10.0 Å². The Balaban J connectivity index is 1.57. The van der Waals surface area contributed by atoms with Crippen LogP contribution in [-0.2, 0) is 23.0 Å². The van der Waals surface area contributed by atoms with Crippen molar-refractivity contribution < 1.29 is 8.42 Å². The molecule has 28 heavy (non-hydrogen) atoms. The maximum absolute atomic E-state index is 13.5. The van der Waals surface area contributed by atoms with Crippen LogP contribution >= 0.6 is 0 Å². The lowest BCUT2D eigenvalue weighted by Gasteiger charge is -2.33. The van der Waals surface area contributed by atoms with Gasteiger partial charge in [-0.3, -0.25) is 4.90 Å². The van der Waals surface area contributed by atoms with Gasteiger partial charge in [-0.2, -0.15) is 4.31 Å². The molecule has 0 aliphatic carbocycles. The molecular weight excluding hydrogens is 368 g/mol. The molecule has 2 aliphatic rings. The first-order valence-corrected chi connectivity index (χ1v) is 11.6. The lowest BCUT2D eigenvalue weighted by Crippen LogP contribution is -2.41. The van der Waals surface area contributed by atoms with Gasteiger partial charge < -0.3 is 0 Å². The molecule has 5 heteroatoms. The van der Waals surface area contributed by atoms with E-state index in [2.05, 4.69) is 35.2 Å². The topological polar surface area (TPSA) is 40.6 Å². The second-order valence-corrected chi connectivity index (χ2v) is 10.3. The van der Waals surface area contributed by atoms with Gasteiger partial charge >= 0.3 is 0 Å². The summed E-state index contributed by atoms with van der Waals surface area (Å²) in [7, 11) is -3.47. The molecule has 1 fully saturated rings. The zero-order valence-electron chi connectivity index (χ0n) is 17.3. The van der Waals surface area contributed by atoms with Crippen LogP contribution in [0.15, 0.2) is 35.2 Å². The fraction of sp³-hybridized carbons (Fsp3) is 0.478. The average Bonchev–Trinajstić information content (AvgIpc) is 3.17. The summed E-state index contributed by atoms with van der Waals surface area (Å²) in [5, 5.41) is 0. The highest BCUT2D eigenvalue weighted by Crippen LogP contribution is 2.32. The van der Waals surface area contributed by atoms with Crippen molar-refractivity contribution in [2.45, 2.75) is 58.0 Å². The van der Waals surface area contributed by atoms with Crippen LogP contribution in [0.2, 0.25) is 0 Å². The molecule has 1 saturated heterocycles. The van der Waals surface area contributed by atoms with Gasteiger partial charge in [0, 0.05) is 32.2 Å². The Morgan fingerprint density at radius 3 is 2.25 bits per heavy atom. The van der Waals surface area contributed by atoms with E-state index in [0.29, 0.717) is 24.0 Å². The summed E-state index contributed by atoms with van der Waals surface area (Å²) in [6, 6.07) is 11.0. The zero-order chi connectivity index (χ0) is 20.1. The molecule has 150 valence electrons. The van der Waals surface area contributed by atoms with Crippen molar-refractivity contribution in [2.24, 2.45) is 0 Å². The minimum Gasteiger partial charge on any atom is -0.294 e. The van der Waals surface area contributed by atoms with Crippen LogP contribution in [0.5, 0.6) is 0 Å². The molecule has 0 aromatic heterocycles. The van der Waals surface area contributed by atoms with Crippen LogP contribution < -0.4 is 0 Å². The summed E-state index contributed by atoms with van der Waals surface area (Å²) in [6.07, 6.45) is 1.96. The standard InChI is InChI=1S/C23H30N2O2S/c1-16-13-17(2)19(4)23(18(16)3)28(26,27)25-12-10-22(15-25)24-11-9-20-7-5-6-8-21(20)14-24/h5-8,13,22H,9-12,14-15H2,1-4H3. The Morgan fingerprint density at radius 1 is 0.929 bits per heavy atom. The van der Waals surface area contributed by atoms with Crippen molar-refractivity contribution in [3.63, 3.8) is 0 Å². The second kappa shape index (κ2) is 7.29. The highest BCUT2D eigenvalue weighted by atomic mass is 32.2. The number of fused-ring (bicyclic) bond motifs is 1. The normalized spacial score (nSPS) is 21.1. The summed E-state index contributed by atoms with van der Waals surface area (Å²) < 4.78 is 28.7. The van der Waals surface area contributed by atoms with Crippen LogP contribution in [0.1, 0.15) is 39.8 Å². The van der Waals surface area contributed by atoms with E-state index in [9.17, 15) is 8.42 Å². The zero-order valence-corrected chi connectivity index (χ0v) is 18.1. The van der Waals surface area contributed by atoms with E-state index < -0.39 is 10.0 Å². The molecular formula is C23H30N2O2S. The smallest absolute Gasteiger partial charge is 0.243 e. The highest BCUT2D eigenvalue weighted by molar-refractivity contribution is 7.89. The Hall–Kier alpha value is -1.69. The van der Waals surface area contributed by atoms with E-state index >= 15 is 0 Å². The summed E-state index contributed by atoms with van der Waals surface area (Å²) in [4.78, 5) is 2.99. The molecule has 4 nitrogen and oxygen atoms in total. The van der Waals surface area contributed by atoms with Gasteiger partial charge in [0.05, 0.1) is 4.90 Å². The first-order chi connectivity index (χ1) is 13.3. The number of sulfonamides is 1. The van der Waals surface area contributed by atoms with Crippen LogP contribution in [0.4, 0.5) is 0 Å². The highest BCUT2D eigenvalue weighted by Gasteiger charge is 2.37. The van der Waals surface area contributed by atoms with Gasteiger partial charge in [-0.15, -0.1) is 0 Å². The maximum atomic E-state index is 13.5. The first-order valence-electron chi connectivity index (χ1n) is 10.2. The summed E-state index contributed by atoms with van der Waals surface area (Å²) >= 11 is 0. The van der Waals surface area contributed by atoms with Gasteiger partial charge in [0.1, 0.15) is 0 Å². The molecule has 0 radical (unpaired) electrons. The third-order valence-electron chi connectivity index (χ3n) is 6.70. The average molecular weight is 399 g/mol. The van der Waals surface area contributed by atoms with E-state index in [1.54, 1.807) is 4.31 Å². The largest absolute Gasteiger partial charge is 0.294 e. The molecule has 2 aromatic rings. The van der Waals surface area contributed by atoms with Gasteiger partial charge in [0.25, 0.3) is 0 Å². The Labute approximate surface area is 169 Å². The molecule has 2 aliphatic heterocycles. The van der Waals surface area contributed by atoms with Crippen molar-refractivity contribution in [2.75, 3.05) is 19.6 Å². The van der Waals surface area contributed by atoms with Gasteiger partial charge in [-0.25, -0.2) is 8.42 Å². The molecule has 2 aromatic carbocycles. The Kier molecular flexibility index (Phi) is 5.10. The first kappa shape index (κ1) is 19.6. The second-order valence-electron chi connectivity index (χ2n) is 8.38. The maximum Gasteiger partial charge on any atom is 0.243 e. The summed E-state index contributed by atoms with van der Waals surface area (Å²) in [5.41, 5.74) is 6.69. The summed E-state index contributed by atoms with van der Waals surface area (Å²) in [5.74, 6) is 0. The van der Waals surface area contributed by atoms with Gasteiger partial charge in [-0.1, -0.05) is 30.3 Å². The molecule has 0 saturated carbocycles. The van der Waals surface area contributed by atoms with Gasteiger partial charge in [-0.05, 0) is 73.9 Å². The van der Waals surface area contributed by atoms with E-state index in [1.165, 1.54) is 11.1 Å². The molecule has 4 rings (SSSR count). The molecule has 0 bridgehead atoms. The minimum absolute atomic E-state index is 0.301. The number of benzene rings is 2. The fourth-order valence-electron chi connectivity index (χ4n) is 4.75. The van der Waals surface area contributed by atoms with Crippen LogP contribution in [0, 0.1) is 27.7 Å². The number of aryl methyl sites for hydroxylation is 2. The van der Waals surface area contributed by atoms with Crippen molar-refractivity contribution in [3.8, 4) is 0 Å². The van der Waals surface area contributed by atoms with Crippen LogP contribution in [0.25, 0.3) is 0 Å². The molecule has 0 N–H and O–H groups in total. The van der Waals surface area contributed by atoms with E-state index in [4.69, 9.17) is 0 Å². The number of nitrogens with zero attached hydrogens (tertiary/aromatic N) is 2. The quantitative estimate of drug-likeness (QED) is 0.791. The predicted octanol–water partition coefficient (Wildman–Crippen LogP) is 3.74. The third kappa shape index (κ3) is 3.30. The van der Waals surface area contributed by atoms with Gasteiger partial charge in [0.2, 0.25) is 10.0 Å². The Bertz CT molecular complexity index is 987. The summed E-state index contributed by atoms with van der Waals surface area (Å²) in [6.45, 7) is 11.0. The molecule has 0 spiro atoms. The molecule has 1 atom stereocenters. The predicted molar refractivity (Wildman–Crippen MR) is 113 cm³/mol. The molecule has 2 heterocycles. The van der Waals surface area contributed by atoms with Crippen molar-refractivity contribution in [3.05, 3.63) is 63.7 Å². The number of rotatable bonds is 3. The molecule has 1 unspecified atom stereocenters.